The van der Waals surface area contributed by atoms with Crippen LogP contribution in [-0.4, -0.2) is 27.4 Å². The van der Waals surface area contributed by atoms with Gasteiger partial charge in [-0.25, -0.2) is 13.1 Å². The van der Waals surface area contributed by atoms with Gasteiger partial charge in [0.05, 0.1) is 22.3 Å². The molecule has 8 heteroatoms. The Hall–Kier alpha value is -1.60. The first-order chi connectivity index (χ1) is 11.9. The van der Waals surface area contributed by atoms with Crippen LogP contribution in [0.1, 0.15) is 11.1 Å². The van der Waals surface area contributed by atoms with Crippen molar-refractivity contribution in [1.82, 2.24) is 10.0 Å². The Bertz CT molecular complexity index is 827. The molecule has 2 N–H and O–H groups in total. The standard InChI is InChI=1S/C17H18Cl2N2O3S/c18-15-7-6-14(10-16(15)19)12-25(23,24)21-11-17(22)20-9-8-13-4-2-1-3-5-13/h1-7,10,21H,8-9,11-12H2,(H,20,22). The van der Waals surface area contributed by atoms with E-state index in [1.165, 1.54) is 12.1 Å². The summed E-state index contributed by atoms with van der Waals surface area (Å²) in [5.41, 5.74) is 1.59. The molecule has 5 nitrogen and oxygen atoms in total. The molecule has 1 amide bonds. The van der Waals surface area contributed by atoms with Crippen LogP contribution in [0, 0.1) is 0 Å². The summed E-state index contributed by atoms with van der Waals surface area (Å²) in [4.78, 5) is 11.8. The molecule has 0 unspecified atom stereocenters. The predicted molar refractivity (Wildman–Crippen MR) is 100 cm³/mol. The Kier molecular flexibility index (Phi) is 7.25. The molecule has 134 valence electrons. The molecule has 0 aromatic heterocycles. The molecule has 25 heavy (non-hydrogen) atoms. The lowest BCUT2D eigenvalue weighted by Crippen LogP contribution is -2.38. The minimum absolute atomic E-state index is 0.277. The quantitative estimate of drug-likeness (QED) is 0.714. The summed E-state index contributed by atoms with van der Waals surface area (Å²) in [6.45, 7) is 0.135. The average Bonchev–Trinajstić information content (AvgIpc) is 2.57. The summed E-state index contributed by atoms with van der Waals surface area (Å²) in [6, 6.07) is 14.3. The van der Waals surface area contributed by atoms with Crippen molar-refractivity contribution >= 4 is 39.1 Å². The number of nitrogens with one attached hydrogen (secondary N) is 2. The van der Waals surface area contributed by atoms with E-state index in [4.69, 9.17) is 23.2 Å². The number of hydrogen-bond acceptors (Lipinski definition) is 3. The first-order valence-corrected chi connectivity index (χ1v) is 9.98. The van der Waals surface area contributed by atoms with Crippen molar-refractivity contribution in [1.29, 1.82) is 0 Å². The van der Waals surface area contributed by atoms with Crippen molar-refractivity contribution in [2.75, 3.05) is 13.1 Å². The van der Waals surface area contributed by atoms with Gasteiger partial charge in [0, 0.05) is 6.54 Å². The van der Waals surface area contributed by atoms with Crippen molar-refractivity contribution in [3.8, 4) is 0 Å². The van der Waals surface area contributed by atoms with E-state index in [2.05, 4.69) is 10.0 Å². The maximum Gasteiger partial charge on any atom is 0.235 e. The summed E-state index contributed by atoms with van der Waals surface area (Å²) in [5, 5.41) is 3.32. The molecule has 2 aromatic carbocycles. The number of halogens is 2. The fourth-order valence-corrected chi connectivity index (χ4v) is 3.52. The van der Waals surface area contributed by atoms with E-state index in [-0.39, 0.29) is 23.2 Å². The molecule has 0 heterocycles. The van der Waals surface area contributed by atoms with Gasteiger partial charge in [-0.15, -0.1) is 0 Å². The topological polar surface area (TPSA) is 75.3 Å². The average molecular weight is 401 g/mol. The molecular formula is C17H18Cl2N2O3S. The Morgan fingerprint density at radius 2 is 1.68 bits per heavy atom. The van der Waals surface area contributed by atoms with Gasteiger partial charge in [0.1, 0.15) is 0 Å². The van der Waals surface area contributed by atoms with Crippen LogP contribution in [0.5, 0.6) is 0 Å². The van der Waals surface area contributed by atoms with E-state index in [0.29, 0.717) is 23.6 Å². The number of amides is 1. The molecule has 2 aromatic rings. The van der Waals surface area contributed by atoms with Crippen LogP contribution in [0.2, 0.25) is 10.0 Å². The highest BCUT2D eigenvalue weighted by atomic mass is 35.5. The zero-order chi connectivity index (χ0) is 18.3. The summed E-state index contributed by atoms with van der Waals surface area (Å²) in [5.74, 6) is -0.657. The minimum atomic E-state index is -3.65. The molecule has 0 bridgehead atoms. The van der Waals surface area contributed by atoms with Gasteiger partial charge >= 0.3 is 0 Å². The maximum absolute atomic E-state index is 12.0. The highest BCUT2D eigenvalue weighted by Gasteiger charge is 2.14. The smallest absolute Gasteiger partial charge is 0.235 e. The molecule has 0 aliphatic rings. The normalized spacial score (nSPS) is 11.3. The number of carbonyl (C=O) groups excluding carboxylic acids is 1. The number of carbonyl (C=O) groups is 1. The minimum Gasteiger partial charge on any atom is -0.355 e. The molecule has 2 rings (SSSR count). The third-order valence-corrected chi connectivity index (χ3v) is 5.41. The predicted octanol–water partition coefficient (Wildman–Crippen LogP) is 2.77. The summed E-state index contributed by atoms with van der Waals surface area (Å²) in [6.07, 6.45) is 0.683. The van der Waals surface area contributed by atoms with Crippen LogP contribution in [-0.2, 0) is 27.0 Å². The zero-order valence-corrected chi connectivity index (χ0v) is 15.7. The highest BCUT2D eigenvalue weighted by Crippen LogP contribution is 2.23. The third-order valence-electron chi connectivity index (χ3n) is 3.37. The Balaban J connectivity index is 1.76. The van der Waals surface area contributed by atoms with E-state index in [1.54, 1.807) is 6.07 Å². The van der Waals surface area contributed by atoms with Crippen LogP contribution in [0.4, 0.5) is 0 Å². The second-order valence-electron chi connectivity index (χ2n) is 5.41. The second kappa shape index (κ2) is 9.20. The fourth-order valence-electron chi connectivity index (χ4n) is 2.13. The number of benzene rings is 2. The van der Waals surface area contributed by atoms with Gasteiger partial charge in [-0.3, -0.25) is 4.79 Å². The van der Waals surface area contributed by atoms with Gasteiger partial charge in [0.2, 0.25) is 15.9 Å². The van der Waals surface area contributed by atoms with Gasteiger partial charge in [-0.05, 0) is 29.7 Å². The molecule has 0 atom stereocenters. The number of rotatable bonds is 8. The lowest BCUT2D eigenvalue weighted by molar-refractivity contribution is -0.119. The Labute approximate surface area is 157 Å². The highest BCUT2D eigenvalue weighted by molar-refractivity contribution is 7.88. The zero-order valence-electron chi connectivity index (χ0n) is 13.3. The van der Waals surface area contributed by atoms with Crippen LogP contribution >= 0.6 is 23.2 Å². The fraction of sp³-hybridized carbons (Fsp3) is 0.235. The molecule has 0 fully saturated rings. The first-order valence-electron chi connectivity index (χ1n) is 7.57. The van der Waals surface area contributed by atoms with E-state index in [0.717, 1.165) is 5.56 Å². The second-order valence-corrected chi connectivity index (χ2v) is 8.04. The van der Waals surface area contributed by atoms with Gasteiger partial charge in [-0.2, -0.15) is 0 Å². The van der Waals surface area contributed by atoms with E-state index in [1.807, 2.05) is 30.3 Å². The molecular weight excluding hydrogens is 383 g/mol. The summed E-state index contributed by atoms with van der Waals surface area (Å²) in [7, 11) is -3.65. The van der Waals surface area contributed by atoms with Gasteiger partial charge in [-0.1, -0.05) is 59.6 Å². The molecule has 0 saturated heterocycles. The number of sulfonamides is 1. The first kappa shape index (κ1) is 19.7. The molecule has 0 aliphatic heterocycles. The largest absolute Gasteiger partial charge is 0.355 e. The molecule has 0 radical (unpaired) electrons. The lowest BCUT2D eigenvalue weighted by Gasteiger charge is -2.08. The van der Waals surface area contributed by atoms with Gasteiger partial charge in [0.15, 0.2) is 0 Å². The summed E-state index contributed by atoms with van der Waals surface area (Å²) >= 11 is 11.7. The Morgan fingerprint density at radius 3 is 2.36 bits per heavy atom. The maximum atomic E-state index is 12.0. The van der Waals surface area contributed by atoms with Crippen LogP contribution < -0.4 is 10.0 Å². The molecule has 0 aliphatic carbocycles. The van der Waals surface area contributed by atoms with Gasteiger partial charge in [0.25, 0.3) is 0 Å². The van der Waals surface area contributed by atoms with Crippen molar-refractivity contribution in [2.24, 2.45) is 0 Å². The third kappa shape index (κ3) is 7.04. The van der Waals surface area contributed by atoms with Crippen LogP contribution in [0.25, 0.3) is 0 Å². The van der Waals surface area contributed by atoms with Crippen LogP contribution in [0.3, 0.4) is 0 Å². The monoisotopic (exact) mass is 400 g/mol. The molecule has 0 spiro atoms. The lowest BCUT2D eigenvalue weighted by atomic mass is 10.1. The SMILES string of the molecule is O=C(CNS(=O)(=O)Cc1ccc(Cl)c(Cl)c1)NCCc1ccccc1. The van der Waals surface area contributed by atoms with Crippen molar-refractivity contribution in [3.63, 3.8) is 0 Å². The van der Waals surface area contributed by atoms with E-state index >= 15 is 0 Å². The van der Waals surface area contributed by atoms with Crippen molar-refractivity contribution < 1.29 is 13.2 Å². The Morgan fingerprint density at radius 1 is 0.960 bits per heavy atom. The molecule has 0 saturated carbocycles. The van der Waals surface area contributed by atoms with Gasteiger partial charge < -0.3 is 5.32 Å². The number of hydrogen-bond donors (Lipinski definition) is 2. The summed E-state index contributed by atoms with van der Waals surface area (Å²) < 4.78 is 26.3. The van der Waals surface area contributed by atoms with E-state index < -0.39 is 10.0 Å². The van der Waals surface area contributed by atoms with Crippen molar-refractivity contribution in [2.45, 2.75) is 12.2 Å². The van der Waals surface area contributed by atoms with Crippen LogP contribution in [0.15, 0.2) is 48.5 Å². The van der Waals surface area contributed by atoms with Crippen molar-refractivity contribution in [3.05, 3.63) is 69.7 Å². The van der Waals surface area contributed by atoms with E-state index in [9.17, 15) is 13.2 Å².